The Balaban J connectivity index is 1.78. The number of ether oxygens (including phenoxy) is 7. The van der Waals surface area contributed by atoms with Crippen LogP contribution >= 0.6 is 21.6 Å². The number of methoxy groups -OCH3 is 1. The van der Waals surface area contributed by atoms with Gasteiger partial charge in [-0.25, -0.2) is 0 Å². The van der Waals surface area contributed by atoms with Crippen molar-refractivity contribution in [2.75, 3.05) is 40.6 Å². The van der Waals surface area contributed by atoms with E-state index in [0.29, 0.717) is 31.1 Å². The standard InChI is InChI=1S/C47H84N2O12S2/c1-15-35-41(51)47(10,55-14)26-38(57-35)60-39-31(6)42(46(9,54)24-28(3)27-49(13)29(4)25-45(8,53)36(16-2)58-43(52)32(39)7)61-44-40(34(48(11)12)23-30(5)56-44)59-37(50)20-18-17-19-33-21-22-62-63-33/h15,28-36,38-42,44,51,53-54H,1,16-27H2,2-14H3/t28-,29-,30-,31+,32-,33-,34+,35+,36-,38+,39+,40-,41+,42-,44+,45+,46?,47-/m1/s1. The summed E-state index contributed by atoms with van der Waals surface area (Å²) in [6.45, 7) is 21.2. The van der Waals surface area contributed by atoms with Crippen molar-refractivity contribution < 1.29 is 58.1 Å². The molecule has 1 unspecified atom stereocenters. The van der Waals surface area contributed by atoms with E-state index in [4.69, 9.17) is 33.2 Å². The number of aliphatic hydroxyl groups excluding tert-OH is 1. The predicted octanol–water partition coefficient (Wildman–Crippen LogP) is 6.36. The molecule has 14 nitrogen and oxygen atoms in total. The number of hydrogen-bond donors (Lipinski definition) is 3. The number of rotatable bonds is 14. The molecule has 366 valence electrons. The monoisotopic (exact) mass is 933 g/mol. The molecule has 0 aromatic carbocycles. The Labute approximate surface area is 386 Å². The second-order valence-electron chi connectivity index (χ2n) is 20.2. The lowest BCUT2D eigenvalue weighted by Crippen LogP contribution is -2.61. The van der Waals surface area contributed by atoms with E-state index in [1.165, 1.54) is 25.4 Å². The number of esters is 2. The summed E-state index contributed by atoms with van der Waals surface area (Å²) in [6, 6.07) is -0.344. The second kappa shape index (κ2) is 23.8. The SMILES string of the molecule is C=C[C@@H]1O[C@@H](O[C@H]2[C@H](C)[C@@H](O[C@@H]3O[C@H](C)C[C@H](N(C)C)[C@H]3OC(=O)CCCC[C@@H]3CCSS3)C(C)(O)C[C@@H](C)CN(C)[C@H](C)C[C@](C)(O)[C@@H](CC)OC(=O)[C@@H]2C)C[C@@](C)(OC)[C@H]1O. The lowest BCUT2D eigenvalue weighted by atomic mass is 9.77. The van der Waals surface area contributed by atoms with Gasteiger partial charge in [-0.2, -0.15) is 0 Å². The van der Waals surface area contributed by atoms with Crippen molar-refractivity contribution >= 4 is 33.5 Å². The van der Waals surface area contributed by atoms with E-state index in [1.54, 1.807) is 27.7 Å². The summed E-state index contributed by atoms with van der Waals surface area (Å²) in [4.78, 5) is 32.4. The van der Waals surface area contributed by atoms with Crippen LogP contribution in [-0.2, 0) is 42.7 Å². The first-order valence-electron chi connectivity index (χ1n) is 23.4. The highest BCUT2D eigenvalue weighted by molar-refractivity contribution is 8.77. The normalized spacial score (nSPS) is 44.1. The van der Waals surface area contributed by atoms with Crippen LogP contribution in [0, 0.1) is 17.8 Å². The number of hydrogen-bond acceptors (Lipinski definition) is 16. The van der Waals surface area contributed by atoms with E-state index >= 15 is 0 Å². The largest absolute Gasteiger partial charge is 0.459 e. The first kappa shape index (κ1) is 54.6. The average molecular weight is 933 g/mol. The Morgan fingerprint density at radius 3 is 2.32 bits per heavy atom. The molecule has 0 aliphatic carbocycles. The molecule has 0 amide bonds. The second-order valence-corrected chi connectivity index (χ2v) is 23.0. The third-order valence-electron chi connectivity index (χ3n) is 14.1. The minimum Gasteiger partial charge on any atom is -0.459 e. The first-order valence-corrected chi connectivity index (χ1v) is 25.8. The molecule has 4 heterocycles. The molecular weight excluding hydrogens is 849 g/mol. The van der Waals surface area contributed by atoms with Crippen LogP contribution in [0.25, 0.3) is 0 Å². The molecule has 0 aromatic heterocycles. The molecule has 4 rings (SSSR count). The van der Waals surface area contributed by atoms with Gasteiger partial charge >= 0.3 is 11.9 Å². The molecule has 3 N–H and O–H groups in total. The van der Waals surface area contributed by atoms with Crippen LogP contribution in [0.2, 0.25) is 0 Å². The van der Waals surface area contributed by atoms with Gasteiger partial charge in [0.15, 0.2) is 18.7 Å². The van der Waals surface area contributed by atoms with Gasteiger partial charge in [-0.3, -0.25) is 9.59 Å². The fraction of sp³-hybridized carbons (Fsp3) is 0.915. The number of carbonyl (C=O) groups excluding carboxylic acids is 2. The average Bonchev–Trinajstić information content (AvgIpc) is 3.73. The van der Waals surface area contributed by atoms with Crippen LogP contribution in [0.3, 0.4) is 0 Å². The molecule has 0 saturated carbocycles. The van der Waals surface area contributed by atoms with Crippen molar-refractivity contribution in [2.24, 2.45) is 17.8 Å². The van der Waals surface area contributed by atoms with Crippen LogP contribution in [0.5, 0.6) is 0 Å². The van der Waals surface area contributed by atoms with Crippen molar-refractivity contribution in [1.82, 2.24) is 9.80 Å². The summed E-state index contributed by atoms with van der Waals surface area (Å²) in [5.74, 6) is -1.55. The number of carbonyl (C=O) groups is 2. The summed E-state index contributed by atoms with van der Waals surface area (Å²) in [6.07, 6.45) is -0.569. The van der Waals surface area contributed by atoms with Crippen LogP contribution in [0.4, 0.5) is 0 Å². The maximum atomic E-state index is 14.5. The van der Waals surface area contributed by atoms with Gasteiger partial charge in [0.2, 0.25) is 0 Å². The summed E-state index contributed by atoms with van der Waals surface area (Å²) < 4.78 is 45.2. The highest BCUT2D eigenvalue weighted by atomic mass is 33.1. The van der Waals surface area contributed by atoms with Gasteiger partial charge in [-0.1, -0.05) is 54.9 Å². The Bertz CT molecular complexity index is 1450. The zero-order valence-corrected chi connectivity index (χ0v) is 42.3. The molecule has 4 aliphatic rings. The van der Waals surface area contributed by atoms with Crippen molar-refractivity contribution in [3.63, 3.8) is 0 Å². The Morgan fingerprint density at radius 1 is 1.02 bits per heavy atom. The van der Waals surface area contributed by atoms with E-state index in [2.05, 4.69) is 18.4 Å². The topological polar surface area (TPSA) is 166 Å². The van der Waals surface area contributed by atoms with Crippen molar-refractivity contribution in [1.29, 1.82) is 0 Å². The Kier molecular flexibility index (Phi) is 20.6. The summed E-state index contributed by atoms with van der Waals surface area (Å²) in [7, 11) is 11.3. The molecule has 0 radical (unpaired) electrons. The molecule has 0 spiro atoms. The molecule has 4 aliphatic heterocycles. The van der Waals surface area contributed by atoms with Crippen molar-refractivity contribution in [2.45, 2.75) is 216 Å². The van der Waals surface area contributed by atoms with Crippen molar-refractivity contribution in [3.8, 4) is 0 Å². The first-order chi connectivity index (χ1) is 29.5. The molecule has 16 heteroatoms. The number of aliphatic hydroxyl groups is 3. The van der Waals surface area contributed by atoms with E-state index in [0.717, 1.165) is 19.3 Å². The Hall–Kier alpha value is -1.02. The lowest BCUT2D eigenvalue weighted by Gasteiger charge is -2.49. The lowest BCUT2D eigenvalue weighted by molar-refractivity contribution is -0.317. The Morgan fingerprint density at radius 2 is 1.71 bits per heavy atom. The summed E-state index contributed by atoms with van der Waals surface area (Å²) >= 11 is 0. The molecule has 0 bridgehead atoms. The molecular formula is C47H84N2O12S2. The van der Waals surface area contributed by atoms with Gasteiger partial charge in [0.25, 0.3) is 0 Å². The third kappa shape index (κ3) is 14.5. The molecule has 4 saturated heterocycles. The summed E-state index contributed by atoms with van der Waals surface area (Å²) in [5.41, 5.74) is -3.99. The van der Waals surface area contributed by atoms with Crippen molar-refractivity contribution in [3.05, 3.63) is 12.7 Å². The zero-order chi connectivity index (χ0) is 47.0. The maximum Gasteiger partial charge on any atom is 0.311 e. The van der Waals surface area contributed by atoms with Gasteiger partial charge in [0, 0.05) is 49.5 Å². The third-order valence-corrected chi connectivity index (χ3v) is 17.1. The minimum atomic E-state index is -1.55. The van der Waals surface area contributed by atoms with E-state index in [-0.39, 0.29) is 49.3 Å². The maximum absolute atomic E-state index is 14.5. The predicted molar refractivity (Wildman–Crippen MR) is 248 cm³/mol. The smallest absolute Gasteiger partial charge is 0.311 e. The van der Waals surface area contributed by atoms with E-state index < -0.39 is 83.8 Å². The number of likely N-dealkylation sites (N-methyl/N-ethyl adjacent to an activating group) is 1. The van der Waals surface area contributed by atoms with Gasteiger partial charge in [0.05, 0.1) is 41.5 Å². The van der Waals surface area contributed by atoms with E-state index in [1.807, 2.05) is 75.3 Å². The van der Waals surface area contributed by atoms with Crippen LogP contribution < -0.4 is 0 Å². The quantitative estimate of drug-likeness (QED) is 0.0762. The number of cyclic esters (lactones) is 1. The van der Waals surface area contributed by atoms with E-state index in [9.17, 15) is 24.9 Å². The fourth-order valence-electron chi connectivity index (χ4n) is 10.2. The number of nitrogens with zero attached hydrogens (tertiary/aromatic N) is 2. The van der Waals surface area contributed by atoms with Gasteiger partial charge in [0.1, 0.15) is 23.9 Å². The highest BCUT2D eigenvalue weighted by Crippen LogP contribution is 2.42. The molecule has 4 fully saturated rings. The number of unbranched alkanes of at least 4 members (excludes halogenated alkanes) is 1. The van der Waals surface area contributed by atoms with Crippen LogP contribution in [0.1, 0.15) is 127 Å². The van der Waals surface area contributed by atoms with Gasteiger partial charge in [-0.05, 0) is 114 Å². The van der Waals surface area contributed by atoms with Crippen LogP contribution in [0.15, 0.2) is 12.7 Å². The van der Waals surface area contributed by atoms with Crippen LogP contribution in [-0.4, -0.2) is 167 Å². The summed E-state index contributed by atoms with van der Waals surface area (Å²) in [5, 5.41) is 36.6. The molecule has 0 aromatic rings. The minimum absolute atomic E-state index is 0.0630. The molecule has 18 atom stereocenters. The fourth-order valence-corrected chi connectivity index (χ4v) is 13.3. The molecule has 63 heavy (non-hydrogen) atoms. The highest BCUT2D eigenvalue weighted by Gasteiger charge is 2.53. The zero-order valence-electron chi connectivity index (χ0n) is 40.7. The van der Waals surface area contributed by atoms with Gasteiger partial charge < -0.3 is 58.3 Å². The van der Waals surface area contributed by atoms with Gasteiger partial charge in [-0.15, -0.1) is 6.58 Å².